The maximum atomic E-state index is 11.1. The molecule has 0 aromatic heterocycles. The lowest BCUT2D eigenvalue weighted by Crippen LogP contribution is -2.18. The molecule has 0 amide bonds. The largest absolute Gasteiger partial charge is 0.740 e. The summed E-state index contributed by atoms with van der Waals surface area (Å²) in [4.78, 5) is 11.1. The Balaban J connectivity index is 2.46. The average molecular weight is 217 g/mol. The van der Waals surface area contributed by atoms with Crippen molar-refractivity contribution in [3.8, 4) is 0 Å². The Morgan fingerprint density at radius 3 is 2.43 bits per heavy atom. The van der Waals surface area contributed by atoms with Gasteiger partial charge in [0.15, 0.2) is 0 Å². The maximum Gasteiger partial charge on any atom is 0.346 e. The van der Waals surface area contributed by atoms with Crippen LogP contribution in [0, 0.1) is 5.92 Å². The van der Waals surface area contributed by atoms with Crippen LogP contribution in [0.4, 0.5) is 0 Å². The van der Waals surface area contributed by atoms with Crippen LogP contribution in [0.15, 0.2) is 12.2 Å². The van der Waals surface area contributed by atoms with Gasteiger partial charge in [-0.2, -0.15) is 0 Å². The monoisotopic (exact) mass is 217 g/mol. The Labute approximate surface area is 85.8 Å². The molecular formula is C9H13O4S-. The minimum absolute atomic E-state index is 0.0970. The van der Waals surface area contributed by atoms with Gasteiger partial charge in [0.1, 0.15) is 11.4 Å². The predicted molar refractivity (Wildman–Crippen MR) is 50.7 cm³/mol. The van der Waals surface area contributed by atoms with E-state index in [0.29, 0.717) is 0 Å². The van der Waals surface area contributed by atoms with Crippen LogP contribution in [0.5, 0.6) is 0 Å². The first-order valence-electron chi connectivity index (χ1n) is 4.62. The summed E-state index contributed by atoms with van der Waals surface area (Å²) in [5, 5.41) is 0. The Morgan fingerprint density at radius 1 is 1.36 bits per heavy atom. The Kier molecular flexibility index (Phi) is 4.28. The van der Waals surface area contributed by atoms with Crippen LogP contribution in [-0.2, 0) is 20.3 Å². The molecule has 1 rings (SSSR count). The lowest BCUT2D eigenvalue weighted by Gasteiger charge is -2.22. The Morgan fingerprint density at radius 2 is 1.93 bits per heavy atom. The van der Waals surface area contributed by atoms with Crippen molar-refractivity contribution < 1.29 is 17.7 Å². The van der Waals surface area contributed by atoms with Gasteiger partial charge in [-0.3, -0.25) is 0 Å². The van der Waals surface area contributed by atoms with E-state index >= 15 is 0 Å². The van der Waals surface area contributed by atoms with Gasteiger partial charge < -0.3 is 8.74 Å². The maximum absolute atomic E-state index is 11.1. The summed E-state index contributed by atoms with van der Waals surface area (Å²) in [6.07, 6.45) is 5.11. The van der Waals surface area contributed by atoms with E-state index in [2.05, 4.69) is 10.8 Å². The number of hydrogen-bond acceptors (Lipinski definition) is 4. The molecule has 0 aromatic rings. The van der Waals surface area contributed by atoms with Gasteiger partial charge >= 0.3 is 5.97 Å². The summed E-state index contributed by atoms with van der Waals surface area (Å²) >= 11 is -2.78. The van der Waals surface area contributed by atoms with Gasteiger partial charge in [0.2, 0.25) is 0 Å². The summed E-state index contributed by atoms with van der Waals surface area (Å²) in [5.41, 5.74) is 0.286. The normalized spacial score (nSPS) is 20.1. The first kappa shape index (κ1) is 11.4. The highest BCUT2D eigenvalue weighted by Crippen LogP contribution is 2.29. The summed E-state index contributed by atoms with van der Waals surface area (Å²) < 4.78 is 24.3. The summed E-state index contributed by atoms with van der Waals surface area (Å²) in [6.45, 7) is 3.58. The standard InChI is InChI=1S/C9H14O4S/c1-7(9(10)13-14(11)12)8-5-3-2-4-6-8/h8H,1-6H2,(H,11,12)/p-1. The molecule has 1 unspecified atom stereocenters. The minimum Gasteiger partial charge on any atom is -0.740 e. The fourth-order valence-electron chi connectivity index (χ4n) is 1.73. The van der Waals surface area contributed by atoms with E-state index in [0.717, 1.165) is 25.7 Å². The minimum atomic E-state index is -2.78. The topological polar surface area (TPSA) is 66.4 Å². The molecule has 14 heavy (non-hydrogen) atoms. The van der Waals surface area contributed by atoms with Crippen LogP contribution in [0.2, 0.25) is 0 Å². The number of carbonyl (C=O) groups is 1. The van der Waals surface area contributed by atoms with Crippen molar-refractivity contribution in [3.05, 3.63) is 12.2 Å². The second-order valence-corrected chi connectivity index (χ2v) is 4.01. The second-order valence-electron chi connectivity index (χ2n) is 3.44. The van der Waals surface area contributed by atoms with E-state index in [1.807, 2.05) is 0 Å². The van der Waals surface area contributed by atoms with Crippen LogP contribution in [0.1, 0.15) is 32.1 Å². The zero-order valence-corrected chi connectivity index (χ0v) is 8.68. The molecule has 0 bridgehead atoms. The average Bonchev–Trinajstić information content (AvgIpc) is 2.17. The fraction of sp³-hybridized carbons (Fsp3) is 0.667. The molecule has 80 valence electrons. The zero-order valence-electron chi connectivity index (χ0n) is 7.86. The molecule has 0 radical (unpaired) electrons. The van der Waals surface area contributed by atoms with Crippen molar-refractivity contribution in [2.24, 2.45) is 5.92 Å². The fourth-order valence-corrected chi connectivity index (χ4v) is 1.96. The molecule has 1 aliphatic carbocycles. The van der Waals surface area contributed by atoms with E-state index in [1.165, 1.54) is 6.42 Å². The number of carbonyl (C=O) groups excluding carboxylic acids is 1. The third-order valence-corrected chi connectivity index (χ3v) is 2.79. The molecule has 0 N–H and O–H groups in total. The van der Waals surface area contributed by atoms with Crippen molar-refractivity contribution in [2.75, 3.05) is 0 Å². The smallest absolute Gasteiger partial charge is 0.346 e. The van der Waals surface area contributed by atoms with Crippen molar-refractivity contribution in [1.29, 1.82) is 0 Å². The van der Waals surface area contributed by atoms with Crippen LogP contribution < -0.4 is 0 Å². The molecule has 4 nitrogen and oxygen atoms in total. The van der Waals surface area contributed by atoms with Crippen molar-refractivity contribution >= 4 is 17.3 Å². The van der Waals surface area contributed by atoms with Gasteiger partial charge in [0.05, 0.1) is 0 Å². The molecule has 0 spiro atoms. The van der Waals surface area contributed by atoms with E-state index in [-0.39, 0.29) is 11.5 Å². The van der Waals surface area contributed by atoms with Gasteiger partial charge in [-0.25, -0.2) is 9.00 Å². The van der Waals surface area contributed by atoms with Gasteiger partial charge in [0.25, 0.3) is 0 Å². The van der Waals surface area contributed by atoms with Crippen molar-refractivity contribution in [2.45, 2.75) is 32.1 Å². The van der Waals surface area contributed by atoms with E-state index in [1.54, 1.807) is 0 Å². The first-order valence-corrected chi connectivity index (χ1v) is 5.62. The van der Waals surface area contributed by atoms with Crippen LogP contribution in [0.25, 0.3) is 0 Å². The molecule has 1 atom stereocenters. The molecule has 5 heteroatoms. The first-order chi connectivity index (χ1) is 6.61. The molecule has 1 saturated carbocycles. The van der Waals surface area contributed by atoms with Crippen molar-refractivity contribution in [1.82, 2.24) is 0 Å². The van der Waals surface area contributed by atoms with Crippen molar-refractivity contribution in [3.63, 3.8) is 0 Å². The van der Waals surface area contributed by atoms with E-state index in [4.69, 9.17) is 0 Å². The molecule has 0 heterocycles. The van der Waals surface area contributed by atoms with E-state index in [9.17, 15) is 13.6 Å². The Bertz CT molecular complexity index is 256. The molecule has 1 aliphatic rings. The quantitative estimate of drug-likeness (QED) is 0.530. The summed E-state index contributed by atoms with van der Waals surface area (Å²) in [6, 6.07) is 0. The highest BCUT2D eigenvalue weighted by Gasteiger charge is 2.22. The predicted octanol–water partition coefficient (Wildman–Crippen LogP) is 1.46. The van der Waals surface area contributed by atoms with Gasteiger partial charge in [-0.05, 0) is 18.8 Å². The van der Waals surface area contributed by atoms with Crippen LogP contribution >= 0.6 is 0 Å². The number of rotatable bonds is 3. The highest BCUT2D eigenvalue weighted by molar-refractivity contribution is 7.74. The molecule has 1 fully saturated rings. The van der Waals surface area contributed by atoms with Crippen LogP contribution in [-0.4, -0.2) is 14.7 Å². The SMILES string of the molecule is C=C(C(=O)OS(=O)[O-])C1CCCCC1. The van der Waals surface area contributed by atoms with Crippen LogP contribution in [0.3, 0.4) is 0 Å². The molecular weight excluding hydrogens is 204 g/mol. The summed E-state index contributed by atoms with van der Waals surface area (Å²) in [7, 11) is 0. The summed E-state index contributed by atoms with van der Waals surface area (Å²) in [5.74, 6) is -0.718. The second kappa shape index (κ2) is 5.26. The van der Waals surface area contributed by atoms with E-state index < -0.39 is 17.3 Å². The van der Waals surface area contributed by atoms with Gasteiger partial charge in [-0.15, -0.1) is 0 Å². The lowest BCUT2D eigenvalue weighted by atomic mass is 9.84. The Hall–Kier alpha value is -0.680. The third kappa shape index (κ3) is 3.23. The highest BCUT2D eigenvalue weighted by atomic mass is 32.2. The lowest BCUT2D eigenvalue weighted by molar-refractivity contribution is -0.130. The van der Waals surface area contributed by atoms with Gasteiger partial charge in [-0.1, -0.05) is 25.8 Å². The zero-order chi connectivity index (χ0) is 10.6. The van der Waals surface area contributed by atoms with Gasteiger partial charge in [0, 0.05) is 5.57 Å². The molecule has 0 aliphatic heterocycles. The molecule has 0 aromatic carbocycles. The molecule has 0 saturated heterocycles. The third-order valence-electron chi connectivity index (χ3n) is 2.50. The number of hydrogen-bond donors (Lipinski definition) is 0.